The highest BCUT2D eigenvalue weighted by Crippen LogP contribution is 2.00. The first-order valence-electron chi connectivity index (χ1n) is 3.96. The minimum atomic E-state index is -0.680. The Balaban J connectivity index is 4.10. The summed E-state index contributed by atoms with van der Waals surface area (Å²) in [5, 5.41) is 0. The molecule has 0 saturated carbocycles. The molecule has 0 aromatic rings. The monoisotopic (exact) mass is 182 g/mol. The van der Waals surface area contributed by atoms with Crippen LogP contribution in [0.15, 0.2) is 11.6 Å². The molecule has 0 aromatic heterocycles. The van der Waals surface area contributed by atoms with Crippen molar-refractivity contribution < 1.29 is 14.3 Å². The maximum atomic E-state index is 10.7. The molecule has 1 atom stereocenters. The first-order valence-corrected chi connectivity index (χ1v) is 3.96. The minimum Gasteiger partial charge on any atom is -0.438 e. The summed E-state index contributed by atoms with van der Waals surface area (Å²) >= 11 is 0. The first-order chi connectivity index (χ1) is 6.10. The van der Waals surface area contributed by atoms with E-state index < -0.39 is 6.16 Å². The topological polar surface area (TPSA) is 35.5 Å². The van der Waals surface area contributed by atoms with E-state index in [4.69, 9.17) is 4.74 Å². The largest absolute Gasteiger partial charge is 0.508 e. The van der Waals surface area contributed by atoms with Crippen molar-refractivity contribution in [3.63, 3.8) is 0 Å². The van der Waals surface area contributed by atoms with E-state index >= 15 is 0 Å². The lowest BCUT2D eigenvalue weighted by Crippen LogP contribution is -2.12. The molecule has 3 nitrogen and oxygen atoms in total. The summed E-state index contributed by atoms with van der Waals surface area (Å²) in [5.41, 5.74) is 0.874. The van der Waals surface area contributed by atoms with Crippen LogP contribution in [-0.2, 0) is 9.47 Å². The number of carbonyl (C=O) groups is 1. The molecule has 0 aliphatic rings. The van der Waals surface area contributed by atoms with Crippen LogP contribution in [0.3, 0.4) is 0 Å². The Morgan fingerprint density at radius 2 is 2.15 bits per heavy atom. The van der Waals surface area contributed by atoms with Gasteiger partial charge in [-0.15, -0.1) is 5.92 Å². The van der Waals surface area contributed by atoms with Gasteiger partial charge in [-0.25, -0.2) is 4.79 Å². The summed E-state index contributed by atoms with van der Waals surface area (Å²) in [6.45, 7) is 5.36. The van der Waals surface area contributed by atoms with Crippen molar-refractivity contribution in [2.75, 3.05) is 7.11 Å². The van der Waals surface area contributed by atoms with Gasteiger partial charge in [0, 0.05) is 0 Å². The van der Waals surface area contributed by atoms with Crippen LogP contribution in [0.25, 0.3) is 0 Å². The molecule has 0 saturated heterocycles. The van der Waals surface area contributed by atoms with Gasteiger partial charge < -0.3 is 9.47 Å². The number of ether oxygens (including phenoxy) is 2. The quantitative estimate of drug-likeness (QED) is 0.484. The number of allylic oxidation sites excluding steroid dienone is 1. The molecular formula is C10H14O3. The molecule has 0 amide bonds. The van der Waals surface area contributed by atoms with Gasteiger partial charge in [0.05, 0.1) is 7.11 Å². The van der Waals surface area contributed by atoms with Crippen molar-refractivity contribution in [1.82, 2.24) is 0 Å². The molecule has 0 radical (unpaired) electrons. The molecule has 0 aliphatic carbocycles. The van der Waals surface area contributed by atoms with Crippen molar-refractivity contribution in [3.8, 4) is 11.8 Å². The fourth-order valence-corrected chi connectivity index (χ4v) is 0.825. The number of carbonyl (C=O) groups excluding carboxylic acids is 1. The predicted octanol–water partition coefficient (Wildman–Crippen LogP) is 2.13. The lowest BCUT2D eigenvalue weighted by molar-refractivity contribution is 0.0577. The normalized spacial score (nSPS) is 12.5. The zero-order valence-electron chi connectivity index (χ0n) is 8.38. The van der Waals surface area contributed by atoms with E-state index in [1.54, 1.807) is 19.9 Å². The van der Waals surface area contributed by atoms with Crippen molar-refractivity contribution in [2.45, 2.75) is 26.9 Å². The second-order valence-corrected chi connectivity index (χ2v) is 2.50. The third-order valence-electron chi connectivity index (χ3n) is 1.26. The number of methoxy groups -OCH3 is 1. The predicted molar refractivity (Wildman–Crippen MR) is 50.2 cm³/mol. The van der Waals surface area contributed by atoms with Crippen molar-refractivity contribution in [1.29, 1.82) is 0 Å². The molecule has 0 spiro atoms. The van der Waals surface area contributed by atoms with E-state index in [0.29, 0.717) is 0 Å². The number of rotatable bonds is 2. The zero-order valence-corrected chi connectivity index (χ0v) is 8.38. The molecule has 0 heterocycles. The highest BCUT2D eigenvalue weighted by atomic mass is 16.7. The summed E-state index contributed by atoms with van der Waals surface area (Å²) in [6, 6.07) is 0. The van der Waals surface area contributed by atoms with Crippen molar-refractivity contribution in [2.24, 2.45) is 0 Å². The highest BCUT2D eigenvalue weighted by molar-refractivity contribution is 5.60. The maximum absolute atomic E-state index is 10.7. The van der Waals surface area contributed by atoms with Gasteiger partial charge in [0.15, 0.2) is 0 Å². The van der Waals surface area contributed by atoms with Gasteiger partial charge >= 0.3 is 6.16 Å². The van der Waals surface area contributed by atoms with Gasteiger partial charge in [-0.1, -0.05) is 5.92 Å². The Morgan fingerprint density at radius 1 is 1.54 bits per heavy atom. The van der Waals surface area contributed by atoms with Crippen LogP contribution in [-0.4, -0.2) is 19.4 Å². The van der Waals surface area contributed by atoms with Crippen LogP contribution in [0.5, 0.6) is 0 Å². The molecule has 0 fully saturated rings. The molecule has 0 rings (SSSR count). The van der Waals surface area contributed by atoms with Crippen LogP contribution >= 0.6 is 0 Å². The van der Waals surface area contributed by atoms with Crippen LogP contribution in [0.4, 0.5) is 4.79 Å². The minimum absolute atomic E-state index is 0.312. The van der Waals surface area contributed by atoms with Crippen LogP contribution in [0.2, 0.25) is 0 Å². The second kappa shape index (κ2) is 6.13. The summed E-state index contributed by atoms with van der Waals surface area (Å²) in [5.74, 6) is 5.60. The van der Waals surface area contributed by atoms with Crippen molar-refractivity contribution >= 4 is 6.16 Å². The lowest BCUT2D eigenvalue weighted by atomic mass is 10.2. The van der Waals surface area contributed by atoms with E-state index in [-0.39, 0.29) is 6.10 Å². The average Bonchev–Trinajstić information content (AvgIpc) is 2.04. The SMILES string of the molecule is CC#C/C(C)=C\C(C)OC(=O)OC. The molecule has 0 aromatic carbocycles. The molecular weight excluding hydrogens is 168 g/mol. The first kappa shape index (κ1) is 11.6. The van der Waals surface area contributed by atoms with Gasteiger partial charge in [-0.3, -0.25) is 0 Å². The Kier molecular flexibility index (Phi) is 5.45. The van der Waals surface area contributed by atoms with Crippen LogP contribution in [0.1, 0.15) is 20.8 Å². The van der Waals surface area contributed by atoms with E-state index in [1.165, 1.54) is 7.11 Å². The summed E-state index contributed by atoms with van der Waals surface area (Å²) in [4.78, 5) is 10.7. The molecule has 0 bridgehead atoms. The number of hydrogen-bond acceptors (Lipinski definition) is 3. The van der Waals surface area contributed by atoms with Gasteiger partial charge in [0.25, 0.3) is 0 Å². The Morgan fingerprint density at radius 3 is 2.62 bits per heavy atom. The van der Waals surface area contributed by atoms with Crippen molar-refractivity contribution in [3.05, 3.63) is 11.6 Å². The standard InChI is InChI=1S/C10H14O3/c1-5-6-8(2)7-9(3)13-10(11)12-4/h7,9H,1-4H3/b8-7-. The third kappa shape index (κ3) is 5.80. The van der Waals surface area contributed by atoms with E-state index in [9.17, 15) is 4.79 Å². The van der Waals surface area contributed by atoms with E-state index in [1.807, 2.05) is 6.92 Å². The molecule has 1 unspecified atom stereocenters. The highest BCUT2D eigenvalue weighted by Gasteiger charge is 2.05. The Bertz CT molecular complexity index is 255. The third-order valence-corrected chi connectivity index (χ3v) is 1.26. The average molecular weight is 182 g/mol. The van der Waals surface area contributed by atoms with E-state index in [0.717, 1.165) is 5.57 Å². The fourth-order valence-electron chi connectivity index (χ4n) is 0.825. The smallest absolute Gasteiger partial charge is 0.438 e. The molecule has 0 N–H and O–H groups in total. The molecule has 72 valence electrons. The van der Waals surface area contributed by atoms with Crippen LogP contribution < -0.4 is 0 Å². The summed E-state index contributed by atoms with van der Waals surface area (Å²) in [6.07, 6.45) is 0.766. The second-order valence-electron chi connectivity index (χ2n) is 2.50. The molecule has 3 heteroatoms. The lowest BCUT2D eigenvalue weighted by Gasteiger charge is -2.07. The van der Waals surface area contributed by atoms with E-state index in [2.05, 4.69) is 16.6 Å². The van der Waals surface area contributed by atoms with Gasteiger partial charge in [-0.2, -0.15) is 0 Å². The molecule has 0 aliphatic heterocycles. The van der Waals surface area contributed by atoms with Gasteiger partial charge in [0.2, 0.25) is 0 Å². The fraction of sp³-hybridized carbons (Fsp3) is 0.500. The Labute approximate surface area is 78.7 Å². The van der Waals surface area contributed by atoms with Gasteiger partial charge in [-0.05, 0) is 32.4 Å². The Hall–Kier alpha value is -1.43. The summed E-state index contributed by atoms with van der Waals surface area (Å²) in [7, 11) is 1.28. The van der Waals surface area contributed by atoms with Crippen LogP contribution in [0, 0.1) is 11.8 Å². The molecule has 13 heavy (non-hydrogen) atoms. The number of hydrogen-bond donors (Lipinski definition) is 0. The maximum Gasteiger partial charge on any atom is 0.508 e. The summed E-state index contributed by atoms with van der Waals surface area (Å²) < 4.78 is 9.15. The zero-order chi connectivity index (χ0) is 10.3. The van der Waals surface area contributed by atoms with Gasteiger partial charge in [0.1, 0.15) is 6.10 Å².